The van der Waals surface area contributed by atoms with Crippen molar-refractivity contribution in [2.45, 2.75) is 52.9 Å². The summed E-state index contributed by atoms with van der Waals surface area (Å²) in [6.45, 7) is 11.1. The monoisotopic (exact) mass is 204 g/mol. The summed E-state index contributed by atoms with van der Waals surface area (Å²) < 4.78 is 0. The summed E-state index contributed by atoms with van der Waals surface area (Å²) in [5.74, 6) is 1.71. The lowest BCUT2D eigenvalue weighted by Crippen LogP contribution is -2.44. The molecule has 0 unspecified atom stereocenters. The van der Waals surface area contributed by atoms with Crippen LogP contribution in [0.5, 0.6) is 0 Å². The van der Waals surface area contributed by atoms with Crippen LogP contribution >= 0.6 is 0 Å². The highest BCUT2D eigenvalue weighted by Gasteiger charge is 2.47. The van der Waals surface area contributed by atoms with Gasteiger partial charge in [-0.1, -0.05) is 30.7 Å². The van der Waals surface area contributed by atoms with Gasteiger partial charge in [-0.25, -0.2) is 0 Å². The first-order valence-corrected chi connectivity index (χ1v) is 6.35. The minimum Gasteiger partial charge on any atom is -0.0998 e. The lowest BCUT2D eigenvalue weighted by Gasteiger charge is -2.53. The van der Waals surface area contributed by atoms with Crippen LogP contribution in [-0.4, -0.2) is 0 Å². The van der Waals surface area contributed by atoms with Gasteiger partial charge < -0.3 is 0 Å². The highest BCUT2D eigenvalue weighted by Crippen LogP contribution is 2.57. The van der Waals surface area contributed by atoms with E-state index >= 15 is 0 Å². The lowest BCUT2D eigenvalue weighted by atomic mass is 9.51. The average Bonchev–Trinajstić information content (AvgIpc) is 2.15. The van der Waals surface area contributed by atoms with Gasteiger partial charge in [0.15, 0.2) is 0 Å². The third-order valence-electron chi connectivity index (χ3n) is 4.93. The first-order chi connectivity index (χ1) is 7.04. The summed E-state index contributed by atoms with van der Waals surface area (Å²) in [6.07, 6.45) is 9.30. The topological polar surface area (TPSA) is 0 Å². The Labute approximate surface area is 94.5 Å². The molecule has 3 atom stereocenters. The summed E-state index contributed by atoms with van der Waals surface area (Å²) in [7, 11) is 0. The molecule has 84 valence electrons. The van der Waals surface area contributed by atoms with Gasteiger partial charge in [0.1, 0.15) is 0 Å². The Bertz CT molecular complexity index is 297. The number of hydrogen-bond acceptors (Lipinski definition) is 0. The molecule has 0 aromatic carbocycles. The number of rotatable bonds is 2. The van der Waals surface area contributed by atoms with E-state index in [9.17, 15) is 0 Å². The summed E-state index contributed by atoms with van der Waals surface area (Å²) in [6, 6.07) is 0. The molecule has 2 rings (SSSR count). The molecule has 1 fully saturated rings. The Kier molecular flexibility index (Phi) is 2.79. The molecule has 0 nitrogen and oxygen atoms in total. The molecule has 0 aliphatic heterocycles. The molecule has 0 spiro atoms. The maximum atomic E-state index is 4.17. The summed E-state index contributed by atoms with van der Waals surface area (Å²) in [4.78, 5) is 0. The van der Waals surface area contributed by atoms with Crippen LogP contribution in [0, 0.1) is 17.3 Å². The minimum atomic E-state index is 0.572. The van der Waals surface area contributed by atoms with Crippen LogP contribution in [0.25, 0.3) is 0 Å². The second-order valence-electron chi connectivity index (χ2n) is 5.97. The van der Waals surface area contributed by atoms with Gasteiger partial charge >= 0.3 is 0 Å². The van der Waals surface area contributed by atoms with E-state index < -0.39 is 0 Å². The van der Waals surface area contributed by atoms with Crippen LogP contribution < -0.4 is 0 Å². The standard InChI is InChI=1S/C15H24/c1-11(2)14-9-10-15(14,4)13-7-5-12(3)6-8-13/h5,13-14H,1,6-10H2,2-4H3/t13-,14+,15-/m0/s1. The Balaban J connectivity index is 2.07. The zero-order chi connectivity index (χ0) is 11.1. The van der Waals surface area contributed by atoms with Crippen molar-refractivity contribution in [1.82, 2.24) is 0 Å². The van der Waals surface area contributed by atoms with Crippen molar-refractivity contribution in [2.24, 2.45) is 17.3 Å². The molecule has 15 heavy (non-hydrogen) atoms. The molecular formula is C15H24. The Morgan fingerprint density at radius 2 is 2.20 bits per heavy atom. The third-order valence-corrected chi connectivity index (χ3v) is 4.93. The predicted octanol–water partition coefficient (Wildman–Crippen LogP) is 4.73. The van der Waals surface area contributed by atoms with Gasteiger partial charge in [0.25, 0.3) is 0 Å². The van der Waals surface area contributed by atoms with Crippen LogP contribution in [0.3, 0.4) is 0 Å². The second-order valence-corrected chi connectivity index (χ2v) is 5.97. The van der Waals surface area contributed by atoms with Gasteiger partial charge in [-0.2, -0.15) is 0 Å². The van der Waals surface area contributed by atoms with Crippen molar-refractivity contribution in [3.63, 3.8) is 0 Å². The van der Waals surface area contributed by atoms with E-state index in [2.05, 4.69) is 33.4 Å². The average molecular weight is 204 g/mol. The first kappa shape index (κ1) is 11.0. The fourth-order valence-corrected chi connectivity index (χ4v) is 3.61. The van der Waals surface area contributed by atoms with Gasteiger partial charge in [0.2, 0.25) is 0 Å². The van der Waals surface area contributed by atoms with Crippen molar-refractivity contribution in [3.05, 3.63) is 23.8 Å². The van der Waals surface area contributed by atoms with E-state index in [-0.39, 0.29) is 0 Å². The van der Waals surface area contributed by atoms with E-state index in [0.717, 1.165) is 11.8 Å². The van der Waals surface area contributed by atoms with Crippen LogP contribution in [0.1, 0.15) is 52.9 Å². The number of hydrogen-bond donors (Lipinski definition) is 0. The van der Waals surface area contributed by atoms with Crippen molar-refractivity contribution in [2.75, 3.05) is 0 Å². The van der Waals surface area contributed by atoms with E-state index in [1.54, 1.807) is 5.57 Å². The summed E-state index contributed by atoms with van der Waals surface area (Å²) >= 11 is 0. The molecule has 0 radical (unpaired) electrons. The van der Waals surface area contributed by atoms with Gasteiger partial charge in [0.05, 0.1) is 0 Å². The molecule has 0 N–H and O–H groups in total. The molecule has 2 aliphatic carbocycles. The smallest absolute Gasteiger partial charge is 0.0152 e. The first-order valence-electron chi connectivity index (χ1n) is 6.35. The van der Waals surface area contributed by atoms with Crippen LogP contribution in [-0.2, 0) is 0 Å². The molecule has 0 bridgehead atoms. The molecule has 0 amide bonds. The Morgan fingerprint density at radius 1 is 1.47 bits per heavy atom. The molecule has 0 heterocycles. The van der Waals surface area contributed by atoms with E-state index in [0.29, 0.717) is 5.41 Å². The maximum absolute atomic E-state index is 4.17. The fourth-order valence-electron chi connectivity index (χ4n) is 3.61. The van der Waals surface area contributed by atoms with Crippen LogP contribution in [0.15, 0.2) is 23.8 Å². The Morgan fingerprint density at radius 3 is 2.60 bits per heavy atom. The van der Waals surface area contributed by atoms with E-state index in [4.69, 9.17) is 0 Å². The summed E-state index contributed by atoms with van der Waals surface area (Å²) in [5.41, 5.74) is 3.58. The lowest BCUT2D eigenvalue weighted by molar-refractivity contribution is 0.00363. The van der Waals surface area contributed by atoms with Crippen molar-refractivity contribution >= 4 is 0 Å². The normalized spacial score (nSPS) is 40.6. The van der Waals surface area contributed by atoms with Crippen LogP contribution in [0.2, 0.25) is 0 Å². The summed E-state index contributed by atoms with van der Waals surface area (Å²) in [5, 5.41) is 0. The number of allylic oxidation sites excluding steroid dienone is 3. The fraction of sp³-hybridized carbons (Fsp3) is 0.733. The van der Waals surface area contributed by atoms with Gasteiger partial charge in [-0.15, -0.1) is 0 Å². The highest BCUT2D eigenvalue weighted by atomic mass is 14.5. The molecule has 2 aliphatic rings. The van der Waals surface area contributed by atoms with Crippen LogP contribution in [0.4, 0.5) is 0 Å². The van der Waals surface area contributed by atoms with Gasteiger partial charge in [0, 0.05) is 0 Å². The third kappa shape index (κ3) is 1.79. The van der Waals surface area contributed by atoms with E-state index in [1.165, 1.54) is 37.7 Å². The molecule has 0 heteroatoms. The van der Waals surface area contributed by atoms with Gasteiger partial charge in [-0.3, -0.25) is 0 Å². The quantitative estimate of drug-likeness (QED) is 0.571. The molecule has 0 saturated heterocycles. The zero-order valence-electron chi connectivity index (χ0n) is 10.5. The molecule has 0 aromatic heterocycles. The van der Waals surface area contributed by atoms with Crippen molar-refractivity contribution in [3.8, 4) is 0 Å². The van der Waals surface area contributed by atoms with Crippen molar-refractivity contribution in [1.29, 1.82) is 0 Å². The molecule has 0 aromatic rings. The van der Waals surface area contributed by atoms with Gasteiger partial charge in [-0.05, 0) is 63.2 Å². The SMILES string of the molecule is C=C(C)[C@H]1CC[C@@]1(C)[C@H]1CC=C(C)CC1. The second kappa shape index (κ2) is 3.81. The maximum Gasteiger partial charge on any atom is -0.0152 e. The molecule has 1 saturated carbocycles. The molecular weight excluding hydrogens is 180 g/mol. The predicted molar refractivity (Wildman–Crippen MR) is 66.7 cm³/mol. The largest absolute Gasteiger partial charge is 0.0998 e. The van der Waals surface area contributed by atoms with E-state index in [1.807, 2.05) is 0 Å². The Hall–Kier alpha value is -0.520. The van der Waals surface area contributed by atoms with Crippen molar-refractivity contribution < 1.29 is 0 Å². The highest BCUT2D eigenvalue weighted by molar-refractivity contribution is 5.14. The minimum absolute atomic E-state index is 0.572. The zero-order valence-corrected chi connectivity index (χ0v) is 10.5.